The molecule has 1 aliphatic rings. The van der Waals surface area contributed by atoms with E-state index in [4.69, 9.17) is 55.9 Å². The first-order valence-electron chi connectivity index (χ1n) is 7.79. The summed E-state index contributed by atoms with van der Waals surface area (Å²) in [7, 11) is 0. The van der Waals surface area contributed by atoms with Gasteiger partial charge in [0.25, 0.3) is 5.91 Å². The van der Waals surface area contributed by atoms with Crippen LogP contribution in [0.3, 0.4) is 0 Å². The molecule has 1 aliphatic heterocycles. The predicted octanol–water partition coefficient (Wildman–Crippen LogP) is 5.67. The average molecular weight is 436 g/mol. The third kappa shape index (κ3) is 3.67. The van der Waals surface area contributed by atoms with E-state index in [9.17, 15) is 4.79 Å². The lowest BCUT2D eigenvalue weighted by Crippen LogP contribution is -2.16. The van der Waals surface area contributed by atoms with Crippen molar-refractivity contribution >= 4 is 58.0 Å². The lowest BCUT2D eigenvalue weighted by Gasteiger charge is -2.14. The zero-order valence-electron chi connectivity index (χ0n) is 13.8. The number of ether oxygens (including phenoxy) is 2. The van der Waals surface area contributed by atoms with E-state index in [1.165, 1.54) is 0 Å². The molecule has 0 saturated carbocycles. The number of carbonyl (C=O) groups is 1. The molecule has 1 atom stereocenters. The molecule has 1 N–H and O–H groups in total. The lowest BCUT2D eigenvalue weighted by atomic mass is 10.1. The molecule has 3 rings (SSSR count). The summed E-state index contributed by atoms with van der Waals surface area (Å²) in [5.74, 6) is 0.629. The number of amides is 1. The van der Waals surface area contributed by atoms with Crippen LogP contribution in [0.15, 0.2) is 12.1 Å². The van der Waals surface area contributed by atoms with Crippen LogP contribution in [0.25, 0.3) is 0 Å². The molecular weight excluding hydrogens is 422 g/mol. The third-order valence-corrected chi connectivity index (χ3v) is 5.42. The Hall–Kier alpha value is -1.40. The molecule has 0 radical (unpaired) electrons. The van der Waals surface area contributed by atoms with E-state index in [1.807, 2.05) is 19.9 Å². The number of aromatic nitrogens is 1. The molecule has 138 valence electrons. The highest BCUT2D eigenvalue weighted by Gasteiger charge is 2.25. The van der Waals surface area contributed by atoms with Crippen LogP contribution >= 0.6 is 46.4 Å². The van der Waals surface area contributed by atoms with Gasteiger partial charge in [-0.1, -0.05) is 46.4 Å². The Morgan fingerprint density at radius 3 is 2.69 bits per heavy atom. The van der Waals surface area contributed by atoms with Gasteiger partial charge in [0.05, 0.1) is 27.4 Å². The number of benzene rings is 1. The Bertz CT molecular complexity index is 889. The summed E-state index contributed by atoms with van der Waals surface area (Å²) in [6, 6.07) is 3.57. The van der Waals surface area contributed by atoms with Crippen molar-refractivity contribution in [3.63, 3.8) is 0 Å². The molecule has 2 aromatic rings. The molecule has 9 heteroatoms. The fraction of sp³-hybridized carbons (Fsp3) is 0.294. The van der Waals surface area contributed by atoms with Gasteiger partial charge in [-0.05, 0) is 19.9 Å². The minimum Gasteiger partial charge on any atom is -0.492 e. The molecule has 5 nitrogen and oxygen atoms in total. The highest BCUT2D eigenvalue weighted by molar-refractivity contribution is 6.52. The van der Waals surface area contributed by atoms with Crippen LogP contribution in [0.2, 0.25) is 20.2 Å². The van der Waals surface area contributed by atoms with Crippen LogP contribution in [-0.4, -0.2) is 23.6 Å². The molecule has 26 heavy (non-hydrogen) atoms. The van der Waals surface area contributed by atoms with E-state index >= 15 is 0 Å². The van der Waals surface area contributed by atoms with E-state index in [0.717, 1.165) is 12.0 Å². The number of carbonyl (C=O) groups excluding carboxylic acids is 1. The molecule has 0 fully saturated rings. The molecule has 1 amide bonds. The van der Waals surface area contributed by atoms with E-state index in [-0.39, 0.29) is 32.0 Å². The maximum Gasteiger partial charge on any atom is 0.276 e. The number of anilines is 1. The highest BCUT2D eigenvalue weighted by Crippen LogP contribution is 2.39. The summed E-state index contributed by atoms with van der Waals surface area (Å²) < 4.78 is 11.4. The first-order chi connectivity index (χ1) is 12.3. The fourth-order valence-corrected chi connectivity index (χ4v) is 3.45. The molecule has 0 bridgehead atoms. The Morgan fingerprint density at radius 1 is 1.27 bits per heavy atom. The van der Waals surface area contributed by atoms with Gasteiger partial charge in [-0.15, -0.1) is 0 Å². The normalized spacial score (nSPS) is 15.4. The zero-order valence-corrected chi connectivity index (χ0v) is 16.9. The summed E-state index contributed by atoms with van der Waals surface area (Å²) in [4.78, 5) is 16.6. The summed E-state index contributed by atoms with van der Waals surface area (Å²) in [6.07, 6.45) is 0.842. The van der Waals surface area contributed by atoms with Crippen LogP contribution in [0, 0.1) is 0 Å². The number of nitrogens with zero attached hydrogens (tertiary/aromatic N) is 1. The molecule has 2 heterocycles. The van der Waals surface area contributed by atoms with Crippen LogP contribution in [0.4, 0.5) is 5.69 Å². The second kappa shape index (κ2) is 7.69. The monoisotopic (exact) mass is 434 g/mol. The summed E-state index contributed by atoms with van der Waals surface area (Å²) in [5.41, 5.74) is 1.32. The zero-order chi connectivity index (χ0) is 19.0. The number of rotatable bonds is 4. The standard InChI is InChI=1S/C17H14Cl4N2O3/c1-3-25-11-5-8-4-7(2)26-10(8)6-9(11)22-17(24)15-13(19)12(18)14(20)16(21)23-15/h5-7H,3-4H2,1-2H3,(H,22,24). The van der Waals surface area contributed by atoms with Gasteiger partial charge >= 0.3 is 0 Å². The molecule has 1 aromatic carbocycles. The van der Waals surface area contributed by atoms with Crippen molar-refractivity contribution in [1.29, 1.82) is 0 Å². The minimum absolute atomic E-state index is 0.00944. The van der Waals surface area contributed by atoms with Crippen molar-refractivity contribution in [2.24, 2.45) is 0 Å². The molecule has 0 aliphatic carbocycles. The molecular formula is C17H14Cl4N2O3. The van der Waals surface area contributed by atoms with Gasteiger partial charge in [-0.2, -0.15) is 0 Å². The lowest BCUT2D eigenvalue weighted by molar-refractivity contribution is 0.102. The van der Waals surface area contributed by atoms with E-state index < -0.39 is 5.91 Å². The van der Waals surface area contributed by atoms with Crippen molar-refractivity contribution < 1.29 is 14.3 Å². The summed E-state index contributed by atoms with van der Waals surface area (Å²) in [6.45, 7) is 4.27. The quantitative estimate of drug-likeness (QED) is 0.628. The van der Waals surface area contributed by atoms with Gasteiger partial charge in [0, 0.05) is 18.1 Å². The Kier molecular flexibility index (Phi) is 5.72. The smallest absolute Gasteiger partial charge is 0.276 e. The van der Waals surface area contributed by atoms with Crippen LogP contribution in [0.5, 0.6) is 11.5 Å². The number of halogens is 4. The van der Waals surface area contributed by atoms with Crippen LogP contribution in [-0.2, 0) is 6.42 Å². The molecule has 0 spiro atoms. The van der Waals surface area contributed by atoms with Crippen LogP contribution in [0.1, 0.15) is 29.9 Å². The topological polar surface area (TPSA) is 60.5 Å². The second-order valence-electron chi connectivity index (χ2n) is 5.67. The van der Waals surface area contributed by atoms with Crippen molar-refractivity contribution in [3.8, 4) is 11.5 Å². The van der Waals surface area contributed by atoms with E-state index in [1.54, 1.807) is 6.07 Å². The van der Waals surface area contributed by atoms with Crippen LogP contribution < -0.4 is 14.8 Å². The summed E-state index contributed by atoms with van der Waals surface area (Å²) in [5, 5.41) is 2.49. The number of fused-ring (bicyclic) bond motifs is 1. The first-order valence-corrected chi connectivity index (χ1v) is 9.30. The Labute approximate surface area is 170 Å². The molecule has 1 unspecified atom stereocenters. The summed E-state index contributed by atoms with van der Waals surface area (Å²) >= 11 is 23.9. The first kappa shape index (κ1) is 19.4. The number of pyridine rings is 1. The minimum atomic E-state index is -0.595. The van der Waals surface area contributed by atoms with Crippen molar-refractivity contribution in [1.82, 2.24) is 4.98 Å². The number of hydrogen-bond acceptors (Lipinski definition) is 4. The van der Waals surface area contributed by atoms with Gasteiger partial charge in [0.15, 0.2) is 0 Å². The van der Waals surface area contributed by atoms with Gasteiger partial charge in [-0.3, -0.25) is 4.79 Å². The number of hydrogen-bond donors (Lipinski definition) is 1. The predicted molar refractivity (Wildman–Crippen MR) is 104 cm³/mol. The van der Waals surface area contributed by atoms with Gasteiger partial charge < -0.3 is 14.8 Å². The molecule has 0 saturated heterocycles. The van der Waals surface area contributed by atoms with Gasteiger partial charge in [0.2, 0.25) is 0 Å². The number of nitrogens with one attached hydrogen (secondary N) is 1. The SMILES string of the molecule is CCOc1cc2c(cc1NC(=O)c1nc(Cl)c(Cl)c(Cl)c1Cl)OC(C)C2. The fourth-order valence-electron chi connectivity index (χ4n) is 2.63. The van der Waals surface area contributed by atoms with E-state index in [2.05, 4.69) is 10.3 Å². The highest BCUT2D eigenvalue weighted by atomic mass is 35.5. The van der Waals surface area contributed by atoms with Crippen molar-refractivity contribution in [3.05, 3.63) is 43.6 Å². The van der Waals surface area contributed by atoms with Gasteiger partial charge in [0.1, 0.15) is 28.5 Å². The maximum absolute atomic E-state index is 12.7. The average Bonchev–Trinajstić information content (AvgIpc) is 2.95. The van der Waals surface area contributed by atoms with Gasteiger partial charge in [-0.25, -0.2) is 4.98 Å². The molecule has 1 aromatic heterocycles. The third-order valence-electron chi connectivity index (χ3n) is 3.75. The van der Waals surface area contributed by atoms with Crippen molar-refractivity contribution in [2.75, 3.05) is 11.9 Å². The second-order valence-corrected chi connectivity index (χ2v) is 7.16. The Balaban J connectivity index is 1.96. The van der Waals surface area contributed by atoms with Crippen molar-refractivity contribution in [2.45, 2.75) is 26.4 Å². The maximum atomic E-state index is 12.7. The largest absolute Gasteiger partial charge is 0.492 e. The Morgan fingerprint density at radius 2 is 2.00 bits per heavy atom. The van der Waals surface area contributed by atoms with E-state index in [0.29, 0.717) is 23.8 Å².